The molecule has 0 aliphatic heterocycles. The van der Waals surface area contributed by atoms with Gasteiger partial charge in [-0.15, -0.1) is 0 Å². The fourth-order valence-electron chi connectivity index (χ4n) is 9.27. The third kappa shape index (κ3) is 8.25. The van der Waals surface area contributed by atoms with Crippen LogP contribution in [0.4, 0.5) is 9.59 Å². The average Bonchev–Trinajstić information content (AvgIpc) is 3.69. The van der Waals surface area contributed by atoms with Crippen molar-refractivity contribution in [2.24, 2.45) is 0 Å². The number of rotatable bonds is 13. The molecule has 8 nitrogen and oxygen atoms in total. The molecule has 0 atom stereocenters. The monoisotopic (exact) mass is 756 g/mol. The highest BCUT2D eigenvalue weighted by molar-refractivity contribution is 6.11. The van der Waals surface area contributed by atoms with Gasteiger partial charge in [0.25, 0.3) is 0 Å². The maximum Gasteiger partial charge on any atom is 0.508 e. The van der Waals surface area contributed by atoms with Crippen molar-refractivity contribution in [1.29, 1.82) is 0 Å². The minimum atomic E-state index is -0.536. The average molecular weight is 757 g/mol. The van der Waals surface area contributed by atoms with Gasteiger partial charge in [-0.25, -0.2) is 9.59 Å². The lowest BCUT2D eigenvalue weighted by Crippen LogP contribution is -2.34. The zero-order valence-electron chi connectivity index (χ0n) is 33.2. The molecule has 6 aromatic rings. The number of nitrogens with zero attached hydrogens (tertiary/aromatic N) is 2. The van der Waals surface area contributed by atoms with Gasteiger partial charge in [0.1, 0.15) is 11.2 Å². The highest BCUT2D eigenvalue weighted by Gasteiger charge is 2.32. The molecule has 0 unspecified atom stereocenters. The van der Waals surface area contributed by atoms with E-state index in [0.717, 1.165) is 90.1 Å². The van der Waals surface area contributed by atoms with Crippen LogP contribution in [0.5, 0.6) is 0 Å². The molecule has 2 saturated carbocycles. The molecule has 0 N–H and O–H groups in total. The molecule has 0 bridgehead atoms. The minimum absolute atomic E-state index is 0.361. The zero-order chi connectivity index (χ0) is 38.5. The second kappa shape index (κ2) is 16.6. The predicted molar refractivity (Wildman–Crippen MR) is 224 cm³/mol. The summed E-state index contributed by atoms with van der Waals surface area (Å²) in [4.78, 5) is 24.8. The van der Waals surface area contributed by atoms with Crippen LogP contribution < -0.4 is 0 Å². The highest BCUT2D eigenvalue weighted by atomic mass is 16.7. The first kappa shape index (κ1) is 37.9. The number of aromatic nitrogens is 2. The molecule has 56 heavy (non-hydrogen) atoms. The minimum Gasteiger partial charge on any atom is -0.434 e. The van der Waals surface area contributed by atoms with E-state index in [0.29, 0.717) is 13.2 Å². The van der Waals surface area contributed by atoms with E-state index in [1.807, 2.05) is 13.8 Å². The molecule has 2 aliphatic carbocycles. The summed E-state index contributed by atoms with van der Waals surface area (Å²) in [5.74, 6) is 0. The summed E-state index contributed by atoms with van der Waals surface area (Å²) in [6, 6.07) is 30.9. The van der Waals surface area contributed by atoms with Crippen LogP contribution in [0.25, 0.3) is 54.7 Å². The van der Waals surface area contributed by atoms with E-state index in [4.69, 9.17) is 18.9 Å². The van der Waals surface area contributed by atoms with Crippen molar-refractivity contribution in [3.8, 4) is 11.1 Å². The Labute approximate surface area is 330 Å². The maximum absolute atomic E-state index is 12.4. The fourth-order valence-corrected chi connectivity index (χ4v) is 9.27. The lowest BCUT2D eigenvalue weighted by atomic mass is 9.86. The highest BCUT2D eigenvalue weighted by Crippen LogP contribution is 2.37. The molecular formula is C48H56N2O6. The van der Waals surface area contributed by atoms with Gasteiger partial charge < -0.3 is 28.1 Å². The third-order valence-corrected chi connectivity index (χ3v) is 12.4. The lowest BCUT2D eigenvalue weighted by Gasteiger charge is -2.32. The molecule has 8 heteroatoms. The Morgan fingerprint density at radius 2 is 0.893 bits per heavy atom. The molecule has 0 amide bonds. The molecule has 0 spiro atoms. The van der Waals surface area contributed by atoms with Gasteiger partial charge in [0.15, 0.2) is 0 Å². The molecule has 2 fully saturated rings. The Hall–Kier alpha value is -4.98. The number of para-hydroxylation sites is 2. The normalized spacial score (nSPS) is 16.7. The second-order valence-electron chi connectivity index (χ2n) is 16.6. The van der Waals surface area contributed by atoms with Crippen molar-refractivity contribution in [3.63, 3.8) is 0 Å². The molecule has 0 saturated heterocycles. The van der Waals surface area contributed by atoms with Crippen molar-refractivity contribution < 1.29 is 28.5 Å². The SMILES string of the molecule is CC1(OC(=O)OCCCCn2c3ccccc3c3cc(-c4ccc5c(c4)c4ccccc4n5CCCCOC(=O)OC4(C)CCCCC4)ccc32)CCCCC1. The van der Waals surface area contributed by atoms with E-state index in [9.17, 15) is 9.59 Å². The van der Waals surface area contributed by atoms with Crippen molar-refractivity contribution in [2.75, 3.05) is 13.2 Å². The van der Waals surface area contributed by atoms with Crippen molar-refractivity contribution in [2.45, 2.75) is 128 Å². The van der Waals surface area contributed by atoms with Gasteiger partial charge in [-0.05, 0) is 138 Å². The molecular weight excluding hydrogens is 701 g/mol. The number of fused-ring (bicyclic) bond motifs is 6. The quantitative estimate of drug-likeness (QED) is 0.0862. The zero-order valence-corrected chi connectivity index (χ0v) is 33.2. The van der Waals surface area contributed by atoms with Gasteiger partial charge >= 0.3 is 12.3 Å². The summed E-state index contributed by atoms with van der Waals surface area (Å²) in [6.07, 6.45) is 12.7. The summed E-state index contributed by atoms with van der Waals surface area (Å²) in [5, 5.41) is 4.95. The van der Waals surface area contributed by atoms with Crippen LogP contribution >= 0.6 is 0 Å². The smallest absolute Gasteiger partial charge is 0.434 e. The Bertz CT molecular complexity index is 2160. The summed E-state index contributed by atoms with van der Waals surface area (Å²) >= 11 is 0. The summed E-state index contributed by atoms with van der Waals surface area (Å²) < 4.78 is 27.2. The Morgan fingerprint density at radius 1 is 0.500 bits per heavy atom. The number of unbranched alkanes of at least 4 members (excludes halogenated alkanes) is 2. The van der Waals surface area contributed by atoms with Crippen LogP contribution in [0.15, 0.2) is 84.9 Å². The largest absolute Gasteiger partial charge is 0.508 e. The van der Waals surface area contributed by atoms with Crippen molar-refractivity contribution >= 4 is 55.9 Å². The second-order valence-corrected chi connectivity index (χ2v) is 16.6. The van der Waals surface area contributed by atoms with Gasteiger partial charge in [0.2, 0.25) is 0 Å². The summed E-state index contributed by atoms with van der Waals surface area (Å²) in [7, 11) is 0. The molecule has 2 aromatic heterocycles. The van der Waals surface area contributed by atoms with E-state index in [2.05, 4.69) is 94.1 Å². The van der Waals surface area contributed by atoms with Crippen LogP contribution in [0.1, 0.15) is 104 Å². The molecule has 4 aromatic carbocycles. The first-order chi connectivity index (χ1) is 27.3. The standard InChI is InChI=1S/C48H56N2O6/c1-47(25-9-3-10-26-47)55-45(51)53-31-15-13-29-49-41-19-7-5-17-37(41)39-33-35(21-23-43(39)49)36-22-24-44-40(34-36)38-18-6-8-20-42(38)50(44)30-14-16-32-54-46(52)56-48(2)27-11-4-12-28-48/h5-8,17-24,33-34H,3-4,9-16,25-32H2,1-2H3. The van der Waals surface area contributed by atoms with E-state index < -0.39 is 12.3 Å². The van der Waals surface area contributed by atoms with Crippen LogP contribution in [-0.2, 0) is 32.0 Å². The van der Waals surface area contributed by atoms with Crippen LogP contribution in [0.2, 0.25) is 0 Å². The Kier molecular flexibility index (Phi) is 11.3. The molecule has 294 valence electrons. The van der Waals surface area contributed by atoms with E-state index in [1.54, 1.807) is 0 Å². The lowest BCUT2D eigenvalue weighted by molar-refractivity contribution is -0.0453. The summed E-state index contributed by atoms with van der Waals surface area (Å²) in [6.45, 7) is 6.44. The number of aryl methyl sites for hydroxylation is 2. The van der Waals surface area contributed by atoms with E-state index in [1.165, 1.54) is 67.6 Å². The van der Waals surface area contributed by atoms with Gasteiger partial charge in [0.05, 0.1) is 13.2 Å². The molecule has 8 rings (SSSR count). The van der Waals surface area contributed by atoms with Gasteiger partial charge in [-0.1, -0.05) is 61.4 Å². The topological polar surface area (TPSA) is 80.9 Å². The number of carbonyl (C=O) groups excluding carboxylic acids is 2. The van der Waals surface area contributed by atoms with E-state index >= 15 is 0 Å². The Balaban J connectivity index is 0.934. The van der Waals surface area contributed by atoms with Gasteiger partial charge in [0, 0.05) is 56.7 Å². The molecule has 0 radical (unpaired) electrons. The van der Waals surface area contributed by atoms with Crippen molar-refractivity contribution in [1.82, 2.24) is 9.13 Å². The van der Waals surface area contributed by atoms with Crippen LogP contribution in [-0.4, -0.2) is 45.9 Å². The number of hydrogen-bond acceptors (Lipinski definition) is 6. The van der Waals surface area contributed by atoms with Gasteiger partial charge in [-0.3, -0.25) is 0 Å². The van der Waals surface area contributed by atoms with Gasteiger partial charge in [-0.2, -0.15) is 0 Å². The maximum atomic E-state index is 12.4. The van der Waals surface area contributed by atoms with Crippen LogP contribution in [0.3, 0.4) is 0 Å². The number of carbonyl (C=O) groups is 2. The Morgan fingerprint density at radius 3 is 1.32 bits per heavy atom. The third-order valence-electron chi connectivity index (χ3n) is 12.4. The molecule has 2 aliphatic rings. The van der Waals surface area contributed by atoms with Crippen molar-refractivity contribution in [3.05, 3.63) is 84.9 Å². The first-order valence-electron chi connectivity index (χ1n) is 21.0. The van der Waals surface area contributed by atoms with E-state index in [-0.39, 0.29) is 11.2 Å². The van der Waals surface area contributed by atoms with Crippen LogP contribution in [0, 0.1) is 0 Å². The predicted octanol–water partition coefficient (Wildman–Crippen LogP) is 12.9. The number of ether oxygens (including phenoxy) is 4. The molecule has 2 heterocycles. The first-order valence-corrected chi connectivity index (χ1v) is 21.0. The summed E-state index contributed by atoms with van der Waals surface area (Å²) in [5.41, 5.74) is 6.44. The fraction of sp³-hybridized carbons (Fsp3) is 0.458. The number of benzene rings is 4. The number of hydrogen-bond donors (Lipinski definition) is 0.